The van der Waals surface area contributed by atoms with E-state index in [-0.39, 0.29) is 39.7 Å². The molecule has 7 atom stereocenters. The molecule has 31 heavy (non-hydrogen) atoms. The summed E-state index contributed by atoms with van der Waals surface area (Å²) >= 11 is 0. The van der Waals surface area contributed by atoms with Crippen LogP contribution < -0.4 is 0 Å². The van der Waals surface area contributed by atoms with Crippen LogP contribution in [0.5, 0.6) is 0 Å². The number of ether oxygens (including phenoxy) is 1. The van der Waals surface area contributed by atoms with Gasteiger partial charge in [0.2, 0.25) is 0 Å². The predicted octanol–water partition coefficient (Wildman–Crippen LogP) is 6.20. The third-order valence-corrected chi connectivity index (χ3v) is 10.9. The van der Waals surface area contributed by atoms with Crippen molar-refractivity contribution in [3.63, 3.8) is 0 Å². The van der Waals surface area contributed by atoms with Gasteiger partial charge in [-0.05, 0) is 71.3 Å². The number of carbonyl (C=O) groups excluding carboxylic acids is 2. The number of cyclic esters (lactones) is 1. The highest BCUT2D eigenvalue weighted by molar-refractivity contribution is 5.86. The van der Waals surface area contributed by atoms with Crippen LogP contribution in [0.4, 0.5) is 0 Å². The van der Waals surface area contributed by atoms with E-state index in [9.17, 15) is 9.59 Å². The number of hydrogen-bond donors (Lipinski definition) is 0. The number of rotatable bonds is 2. The Morgan fingerprint density at radius 3 is 2.48 bits per heavy atom. The monoisotopic (exact) mass is 422 g/mol. The molecule has 5 rings (SSSR count). The van der Waals surface area contributed by atoms with Crippen molar-refractivity contribution in [2.45, 2.75) is 85.7 Å². The molecule has 4 aliphatic carbocycles. The van der Waals surface area contributed by atoms with E-state index in [0.29, 0.717) is 24.0 Å². The molecular formula is C28H38O3. The topological polar surface area (TPSA) is 43.4 Å². The molecule has 0 aromatic carbocycles. The lowest BCUT2D eigenvalue weighted by Crippen LogP contribution is -2.53. The van der Waals surface area contributed by atoms with Crippen molar-refractivity contribution in [1.29, 1.82) is 0 Å². The molecule has 0 spiro atoms. The SMILES string of the molecule is C=C[C@H]1C[C@@H]([C@@H]2CC[C@]3(C)C4=CC[C@H]5C(C)(C)C(=O)CC[C@]5(C)C4=CC[C@@]23C)C(=O)O1. The van der Waals surface area contributed by atoms with E-state index < -0.39 is 0 Å². The number of esters is 1. The van der Waals surface area contributed by atoms with Crippen LogP contribution in [0.2, 0.25) is 0 Å². The molecule has 0 amide bonds. The van der Waals surface area contributed by atoms with Crippen LogP contribution in [-0.2, 0) is 14.3 Å². The first-order valence-corrected chi connectivity index (χ1v) is 12.3. The average Bonchev–Trinajstić information content (AvgIpc) is 3.22. The van der Waals surface area contributed by atoms with Crippen molar-refractivity contribution in [1.82, 2.24) is 0 Å². The van der Waals surface area contributed by atoms with Gasteiger partial charge in [0.25, 0.3) is 0 Å². The van der Waals surface area contributed by atoms with E-state index in [4.69, 9.17) is 4.74 Å². The average molecular weight is 423 g/mol. The van der Waals surface area contributed by atoms with Gasteiger partial charge in [-0.1, -0.05) is 59.4 Å². The van der Waals surface area contributed by atoms with Crippen LogP contribution in [-0.4, -0.2) is 17.9 Å². The highest BCUT2D eigenvalue weighted by Gasteiger charge is 2.64. The molecule has 3 fully saturated rings. The van der Waals surface area contributed by atoms with E-state index in [1.807, 2.05) is 0 Å². The van der Waals surface area contributed by atoms with Crippen molar-refractivity contribution in [2.75, 3.05) is 0 Å². The minimum atomic E-state index is -0.261. The van der Waals surface area contributed by atoms with Crippen LogP contribution in [0.3, 0.4) is 0 Å². The summed E-state index contributed by atoms with van der Waals surface area (Å²) in [6, 6.07) is 0. The Balaban J connectivity index is 1.54. The summed E-state index contributed by atoms with van der Waals surface area (Å²) in [5.41, 5.74) is 2.99. The minimum Gasteiger partial charge on any atom is -0.458 e. The Hall–Kier alpha value is -1.64. The van der Waals surface area contributed by atoms with Crippen molar-refractivity contribution in [3.8, 4) is 0 Å². The summed E-state index contributed by atoms with van der Waals surface area (Å²) in [4.78, 5) is 25.5. The summed E-state index contributed by atoms with van der Waals surface area (Å²) in [7, 11) is 0. The number of hydrogen-bond acceptors (Lipinski definition) is 3. The summed E-state index contributed by atoms with van der Waals surface area (Å²) in [6.07, 6.45) is 13.3. The van der Waals surface area contributed by atoms with Crippen molar-refractivity contribution in [3.05, 3.63) is 36.0 Å². The maximum absolute atomic E-state index is 12.8. The van der Waals surface area contributed by atoms with Crippen LogP contribution in [0, 0.1) is 39.4 Å². The number of ketones is 1. The van der Waals surface area contributed by atoms with Crippen molar-refractivity contribution >= 4 is 11.8 Å². The molecular weight excluding hydrogens is 384 g/mol. The van der Waals surface area contributed by atoms with E-state index in [0.717, 1.165) is 38.5 Å². The van der Waals surface area contributed by atoms with E-state index >= 15 is 0 Å². The fourth-order valence-electron chi connectivity index (χ4n) is 8.60. The fourth-order valence-corrected chi connectivity index (χ4v) is 8.60. The number of allylic oxidation sites excluding steroid dienone is 4. The molecule has 0 aromatic heterocycles. The molecule has 0 N–H and O–H groups in total. The van der Waals surface area contributed by atoms with Gasteiger partial charge in [0.15, 0.2) is 0 Å². The Morgan fingerprint density at radius 2 is 1.81 bits per heavy atom. The van der Waals surface area contributed by atoms with Crippen LogP contribution in [0.1, 0.15) is 79.6 Å². The highest BCUT2D eigenvalue weighted by atomic mass is 16.5. The molecule has 3 heteroatoms. The Morgan fingerprint density at radius 1 is 1.06 bits per heavy atom. The van der Waals surface area contributed by atoms with Gasteiger partial charge >= 0.3 is 5.97 Å². The van der Waals surface area contributed by atoms with Crippen LogP contribution >= 0.6 is 0 Å². The maximum Gasteiger partial charge on any atom is 0.309 e. The predicted molar refractivity (Wildman–Crippen MR) is 122 cm³/mol. The third-order valence-electron chi connectivity index (χ3n) is 10.9. The van der Waals surface area contributed by atoms with Crippen LogP contribution in [0.15, 0.2) is 36.0 Å². The highest BCUT2D eigenvalue weighted by Crippen LogP contribution is 2.71. The first-order valence-electron chi connectivity index (χ1n) is 12.3. The molecule has 0 bridgehead atoms. The molecule has 1 heterocycles. The zero-order valence-electron chi connectivity index (χ0n) is 19.9. The van der Waals surface area contributed by atoms with Gasteiger partial charge < -0.3 is 4.74 Å². The zero-order valence-corrected chi connectivity index (χ0v) is 19.9. The molecule has 0 unspecified atom stereocenters. The number of carbonyl (C=O) groups is 2. The summed E-state index contributed by atoms with van der Waals surface area (Å²) in [5, 5.41) is 0. The van der Waals surface area contributed by atoms with E-state index in [1.54, 1.807) is 6.08 Å². The summed E-state index contributed by atoms with van der Waals surface area (Å²) in [5.74, 6) is 1.12. The lowest BCUT2D eigenvalue weighted by atomic mass is 9.44. The Labute approximate surface area is 187 Å². The molecule has 1 saturated heterocycles. The molecule has 0 aromatic rings. The van der Waals surface area contributed by atoms with Gasteiger partial charge in [-0.15, -0.1) is 0 Å². The fraction of sp³-hybridized carbons (Fsp3) is 0.714. The van der Waals surface area contributed by atoms with Gasteiger partial charge in [-0.3, -0.25) is 9.59 Å². The summed E-state index contributed by atoms with van der Waals surface area (Å²) in [6.45, 7) is 15.5. The maximum atomic E-state index is 12.8. The molecule has 2 saturated carbocycles. The quantitative estimate of drug-likeness (QED) is 0.393. The van der Waals surface area contributed by atoms with E-state index in [1.165, 1.54) is 11.1 Å². The lowest BCUT2D eigenvalue weighted by Gasteiger charge is -2.59. The standard InChI is InChI=1S/C28H38O3/c1-7-17-16-18(24(30)31-17)19-10-14-28(6)21-8-9-22-25(2,3)23(29)12-13-26(22,4)20(21)11-15-27(19,28)5/h7-8,11,17-19,22H,1,9-10,12-16H2,2-6H3/t17-,18-,19-,22-,26+,27-,28+/m0/s1. The van der Waals surface area contributed by atoms with Crippen molar-refractivity contribution in [2.24, 2.45) is 39.4 Å². The molecule has 168 valence electrons. The van der Waals surface area contributed by atoms with Gasteiger partial charge in [-0.2, -0.15) is 0 Å². The van der Waals surface area contributed by atoms with Gasteiger partial charge in [0.05, 0.1) is 5.92 Å². The van der Waals surface area contributed by atoms with Gasteiger partial charge in [-0.25, -0.2) is 0 Å². The first kappa shape index (κ1) is 21.2. The largest absolute Gasteiger partial charge is 0.458 e. The minimum absolute atomic E-state index is 0.0106. The summed E-state index contributed by atoms with van der Waals surface area (Å²) < 4.78 is 5.60. The molecule has 3 nitrogen and oxygen atoms in total. The number of fused-ring (bicyclic) bond motifs is 5. The Bertz CT molecular complexity index is 923. The van der Waals surface area contributed by atoms with Crippen LogP contribution in [0.25, 0.3) is 0 Å². The second kappa shape index (κ2) is 6.45. The Kier molecular flexibility index (Phi) is 4.42. The van der Waals surface area contributed by atoms with E-state index in [2.05, 4.69) is 53.3 Å². The molecule has 5 aliphatic rings. The van der Waals surface area contributed by atoms with Gasteiger partial charge in [0, 0.05) is 18.3 Å². The second-order valence-electron chi connectivity index (χ2n) is 12.2. The van der Waals surface area contributed by atoms with Gasteiger partial charge in [0.1, 0.15) is 11.9 Å². The smallest absolute Gasteiger partial charge is 0.309 e. The van der Waals surface area contributed by atoms with Crippen molar-refractivity contribution < 1.29 is 14.3 Å². The first-order chi connectivity index (χ1) is 14.5. The molecule has 0 radical (unpaired) electrons. The number of Topliss-reactive ketones (excluding diaryl/α,β-unsaturated/α-hetero) is 1. The third kappa shape index (κ3) is 2.52. The zero-order chi connectivity index (χ0) is 22.4. The molecule has 1 aliphatic heterocycles. The normalized spacial score (nSPS) is 48.2. The lowest BCUT2D eigenvalue weighted by molar-refractivity contribution is -0.145. The second-order valence-corrected chi connectivity index (χ2v) is 12.2.